The van der Waals surface area contributed by atoms with Gasteiger partial charge in [0.1, 0.15) is 23.0 Å². The van der Waals surface area contributed by atoms with Crippen molar-refractivity contribution in [3.05, 3.63) is 69.4 Å². The zero-order valence-corrected chi connectivity index (χ0v) is 12.5. The standard InChI is InChI=1S/C15H11BrF3NO/c1-8(9-3-2-4-10(16)5-9)20-15(21)14-12(18)6-11(17)7-13(14)19/h2-8H,1H3,(H,20,21). The number of halogens is 4. The fourth-order valence-corrected chi connectivity index (χ4v) is 2.30. The first-order valence-electron chi connectivity index (χ1n) is 6.09. The summed E-state index contributed by atoms with van der Waals surface area (Å²) < 4.78 is 40.7. The molecule has 2 rings (SSSR count). The molecule has 0 aliphatic rings. The maximum atomic E-state index is 13.5. The maximum absolute atomic E-state index is 13.5. The quantitative estimate of drug-likeness (QED) is 0.868. The predicted molar refractivity (Wildman–Crippen MR) is 76.3 cm³/mol. The molecule has 0 radical (unpaired) electrons. The van der Waals surface area contributed by atoms with E-state index in [0.717, 1.165) is 10.0 Å². The van der Waals surface area contributed by atoms with E-state index in [-0.39, 0.29) is 0 Å². The Morgan fingerprint density at radius 2 is 1.76 bits per heavy atom. The Morgan fingerprint density at radius 1 is 1.14 bits per heavy atom. The third-order valence-corrected chi connectivity index (χ3v) is 3.42. The van der Waals surface area contributed by atoms with E-state index in [9.17, 15) is 18.0 Å². The summed E-state index contributed by atoms with van der Waals surface area (Å²) in [7, 11) is 0. The van der Waals surface area contributed by atoms with Gasteiger partial charge in [-0.3, -0.25) is 4.79 Å². The summed E-state index contributed by atoms with van der Waals surface area (Å²) >= 11 is 3.30. The Morgan fingerprint density at radius 3 is 2.33 bits per heavy atom. The molecule has 0 aromatic heterocycles. The molecule has 0 heterocycles. The summed E-state index contributed by atoms with van der Waals surface area (Å²) in [6.07, 6.45) is 0. The lowest BCUT2D eigenvalue weighted by Gasteiger charge is -2.15. The highest BCUT2D eigenvalue weighted by atomic mass is 79.9. The Bertz CT molecular complexity index is 667. The molecule has 21 heavy (non-hydrogen) atoms. The molecule has 0 bridgehead atoms. The average molecular weight is 358 g/mol. The van der Waals surface area contributed by atoms with Gasteiger partial charge in [-0.25, -0.2) is 13.2 Å². The number of amides is 1. The number of carbonyl (C=O) groups is 1. The topological polar surface area (TPSA) is 29.1 Å². The molecule has 0 fully saturated rings. The zero-order valence-electron chi connectivity index (χ0n) is 11.0. The minimum Gasteiger partial charge on any atom is -0.345 e. The van der Waals surface area contributed by atoms with E-state index in [4.69, 9.17) is 0 Å². The van der Waals surface area contributed by atoms with Gasteiger partial charge in [0.2, 0.25) is 0 Å². The second-order valence-corrected chi connectivity index (χ2v) is 5.41. The number of rotatable bonds is 3. The molecule has 1 amide bonds. The van der Waals surface area contributed by atoms with Crippen LogP contribution < -0.4 is 5.32 Å². The van der Waals surface area contributed by atoms with Crippen LogP contribution in [0.5, 0.6) is 0 Å². The second-order valence-electron chi connectivity index (χ2n) is 4.49. The lowest BCUT2D eigenvalue weighted by molar-refractivity contribution is 0.0931. The minimum atomic E-state index is -1.23. The number of carbonyl (C=O) groups excluding carboxylic acids is 1. The van der Waals surface area contributed by atoms with Gasteiger partial charge in [0.05, 0.1) is 6.04 Å². The van der Waals surface area contributed by atoms with Crippen LogP contribution in [0.15, 0.2) is 40.9 Å². The fraction of sp³-hybridized carbons (Fsp3) is 0.133. The third kappa shape index (κ3) is 3.64. The SMILES string of the molecule is CC(NC(=O)c1c(F)cc(F)cc1F)c1cccc(Br)c1. The zero-order chi connectivity index (χ0) is 15.6. The van der Waals surface area contributed by atoms with Gasteiger partial charge in [-0.2, -0.15) is 0 Å². The van der Waals surface area contributed by atoms with Crippen LogP contribution >= 0.6 is 15.9 Å². The molecule has 1 unspecified atom stereocenters. The van der Waals surface area contributed by atoms with Crippen LogP contribution in [0.2, 0.25) is 0 Å². The monoisotopic (exact) mass is 357 g/mol. The molecule has 110 valence electrons. The Balaban J connectivity index is 2.22. The van der Waals surface area contributed by atoms with Gasteiger partial charge in [-0.15, -0.1) is 0 Å². The molecule has 0 spiro atoms. The molecular weight excluding hydrogens is 347 g/mol. The minimum absolute atomic E-state index is 0.459. The molecule has 6 heteroatoms. The van der Waals surface area contributed by atoms with Crippen molar-refractivity contribution in [3.8, 4) is 0 Å². The van der Waals surface area contributed by atoms with Gasteiger partial charge in [0.15, 0.2) is 0 Å². The molecule has 2 aromatic carbocycles. The highest BCUT2D eigenvalue weighted by Crippen LogP contribution is 2.20. The van der Waals surface area contributed by atoms with Crippen molar-refractivity contribution < 1.29 is 18.0 Å². The molecule has 0 aliphatic carbocycles. The Hall–Kier alpha value is -1.82. The van der Waals surface area contributed by atoms with Crippen molar-refractivity contribution in [1.29, 1.82) is 0 Å². The van der Waals surface area contributed by atoms with Gasteiger partial charge in [0, 0.05) is 16.6 Å². The Labute approximate surface area is 128 Å². The van der Waals surface area contributed by atoms with Crippen molar-refractivity contribution in [2.75, 3.05) is 0 Å². The van der Waals surface area contributed by atoms with E-state index in [1.54, 1.807) is 25.1 Å². The summed E-state index contributed by atoms with van der Waals surface area (Å²) in [6, 6.07) is 7.64. The van der Waals surface area contributed by atoms with Crippen LogP contribution in [0, 0.1) is 17.5 Å². The van der Waals surface area contributed by atoms with Crippen LogP contribution in [0.1, 0.15) is 28.9 Å². The number of hydrogen-bond acceptors (Lipinski definition) is 1. The van der Waals surface area contributed by atoms with Crippen molar-refractivity contribution in [2.24, 2.45) is 0 Å². The van der Waals surface area contributed by atoms with Crippen molar-refractivity contribution in [1.82, 2.24) is 5.32 Å². The Kier molecular flexibility index (Phi) is 4.67. The lowest BCUT2D eigenvalue weighted by Crippen LogP contribution is -2.28. The molecule has 0 aliphatic heterocycles. The van der Waals surface area contributed by atoms with Crippen LogP contribution in [0.25, 0.3) is 0 Å². The first-order chi connectivity index (χ1) is 9.88. The van der Waals surface area contributed by atoms with Crippen molar-refractivity contribution in [3.63, 3.8) is 0 Å². The van der Waals surface area contributed by atoms with E-state index in [1.165, 1.54) is 0 Å². The normalized spacial score (nSPS) is 12.0. The molecule has 0 saturated heterocycles. The van der Waals surface area contributed by atoms with Crippen LogP contribution in [0.4, 0.5) is 13.2 Å². The fourth-order valence-electron chi connectivity index (χ4n) is 1.89. The van der Waals surface area contributed by atoms with Gasteiger partial charge in [0.25, 0.3) is 5.91 Å². The maximum Gasteiger partial charge on any atom is 0.257 e. The second kappa shape index (κ2) is 6.30. The van der Waals surface area contributed by atoms with Gasteiger partial charge >= 0.3 is 0 Å². The summed E-state index contributed by atoms with van der Waals surface area (Å²) in [5.74, 6) is -4.46. The van der Waals surface area contributed by atoms with Crippen LogP contribution in [-0.4, -0.2) is 5.91 Å². The number of hydrogen-bond donors (Lipinski definition) is 1. The van der Waals surface area contributed by atoms with E-state index >= 15 is 0 Å². The van der Waals surface area contributed by atoms with E-state index in [2.05, 4.69) is 21.2 Å². The van der Waals surface area contributed by atoms with Crippen LogP contribution in [0.3, 0.4) is 0 Å². The van der Waals surface area contributed by atoms with E-state index in [0.29, 0.717) is 12.1 Å². The lowest BCUT2D eigenvalue weighted by atomic mass is 10.1. The first-order valence-corrected chi connectivity index (χ1v) is 6.88. The number of benzene rings is 2. The summed E-state index contributed by atoms with van der Waals surface area (Å²) in [6.45, 7) is 1.68. The first kappa shape index (κ1) is 15.6. The average Bonchev–Trinajstić information content (AvgIpc) is 2.37. The van der Waals surface area contributed by atoms with Gasteiger partial charge in [-0.05, 0) is 24.6 Å². The molecule has 2 aromatic rings. The molecule has 0 saturated carbocycles. The van der Waals surface area contributed by atoms with Crippen molar-refractivity contribution >= 4 is 21.8 Å². The smallest absolute Gasteiger partial charge is 0.257 e. The summed E-state index contributed by atoms with van der Waals surface area (Å²) in [5, 5.41) is 2.48. The van der Waals surface area contributed by atoms with E-state index < -0.39 is 35.0 Å². The molecule has 2 nitrogen and oxygen atoms in total. The van der Waals surface area contributed by atoms with Crippen molar-refractivity contribution in [2.45, 2.75) is 13.0 Å². The predicted octanol–water partition coefficient (Wildman–Crippen LogP) is 4.36. The van der Waals surface area contributed by atoms with Gasteiger partial charge in [-0.1, -0.05) is 28.1 Å². The summed E-state index contributed by atoms with van der Waals surface area (Å²) in [4.78, 5) is 11.9. The van der Waals surface area contributed by atoms with Gasteiger partial charge < -0.3 is 5.32 Å². The highest BCUT2D eigenvalue weighted by Gasteiger charge is 2.20. The highest BCUT2D eigenvalue weighted by molar-refractivity contribution is 9.10. The summed E-state index contributed by atoms with van der Waals surface area (Å²) in [5.41, 5.74) is -0.0288. The molecule has 1 N–H and O–H groups in total. The molecule has 1 atom stereocenters. The molecular formula is C15H11BrF3NO. The van der Waals surface area contributed by atoms with E-state index in [1.807, 2.05) is 6.07 Å². The number of nitrogens with one attached hydrogen (secondary N) is 1. The van der Waals surface area contributed by atoms with Crippen LogP contribution in [-0.2, 0) is 0 Å². The largest absolute Gasteiger partial charge is 0.345 e. The third-order valence-electron chi connectivity index (χ3n) is 2.93.